The Labute approximate surface area is 195 Å². The second-order valence-electron chi connectivity index (χ2n) is 8.63. The maximum absolute atomic E-state index is 8.80. The molecule has 0 aromatic heterocycles. The molecule has 0 fully saturated rings. The maximum atomic E-state index is 8.80. The first-order chi connectivity index (χ1) is 15.7. The molecule has 2 aromatic rings. The van der Waals surface area contributed by atoms with Crippen LogP contribution < -0.4 is 9.47 Å². The van der Waals surface area contributed by atoms with Gasteiger partial charge in [-0.05, 0) is 66.6 Å². The summed E-state index contributed by atoms with van der Waals surface area (Å²) < 4.78 is 11.0. The van der Waals surface area contributed by atoms with Crippen LogP contribution in [0.5, 0.6) is 11.5 Å². The van der Waals surface area contributed by atoms with Gasteiger partial charge in [-0.15, -0.1) is 0 Å². The Morgan fingerprint density at radius 1 is 0.688 bits per heavy atom. The molecule has 176 valence electrons. The van der Waals surface area contributed by atoms with E-state index in [1.54, 1.807) is 14.2 Å². The van der Waals surface area contributed by atoms with Gasteiger partial charge in [0.25, 0.3) is 0 Å². The van der Waals surface area contributed by atoms with Crippen LogP contribution in [0.3, 0.4) is 0 Å². The first-order valence-electron chi connectivity index (χ1n) is 12.3. The van der Waals surface area contributed by atoms with Crippen LogP contribution in [-0.4, -0.2) is 25.9 Å². The minimum Gasteiger partial charge on any atom is -0.497 e. The van der Waals surface area contributed by atoms with Crippen molar-refractivity contribution in [2.45, 2.75) is 77.6 Å². The molecule has 2 rings (SSSR count). The summed E-state index contributed by atoms with van der Waals surface area (Å²) >= 11 is 0. The first-order valence-corrected chi connectivity index (χ1v) is 12.3. The van der Waals surface area contributed by atoms with E-state index in [1.165, 1.54) is 68.9 Å². The molecule has 0 atom stereocenters. The van der Waals surface area contributed by atoms with E-state index < -0.39 is 0 Å². The van der Waals surface area contributed by atoms with Crippen LogP contribution in [0.1, 0.15) is 86.5 Å². The van der Waals surface area contributed by atoms with Gasteiger partial charge < -0.3 is 14.6 Å². The highest BCUT2D eigenvalue weighted by atomic mass is 16.5. The fourth-order valence-corrected chi connectivity index (χ4v) is 4.15. The molecule has 0 radical (unpaired) electrons. The van der Waals surface area contributed by atoms with E-state index in [2.05, 4.69) is 43.3 Å². The monoisotopic (exact) mass is 438 g/mol. The van der Waals surface area contributed by atoms with Crippen molar-refractivity contribution in [1.29, 1.82) is 0 Å². The molecule has 32 heavy (non-hydrogen) atoms. The van der Waals surface area contributed by atoms with Crippen LogP contribution in [-0.2, 0) is 6.42 Å². The Morgan fingerprint density at radius 3 is 1.81 bits per heavy atom. The summed E-state index contributed by atoms with van der Waals surface area (Å²) in [5.41, 5.74) is 4.97. The molecule has 0 spiro atoms. The second-order valence-corrected chi connectivity index (χ2v) is 8.63. The fraction of sp³-hybridized carbons (Fsp3) is 0.517. The van der Waals surface area contributed by atoms with Gasteiger partial charge in [0, 0.05) is 6.61 Å². The summed E-state index contributed by atoms with van der Waals surface area (Å²) in [6.45, 7) is 2.53. The molecule has 1 N–H and O–H groups in total. The number of hydrogen-bond acceptors (Lipinski definition) is 3. The Balaban J connectivity index is 1.77. The number of aliphatic hydroxyl groups excluding tert-OH is 1. The number of benzene rings is 2. The lowest BCUT2D eigenvalue weighted by atomic mass is 9.97. The van der Waals surface area contributed by atoms with Crippen molar-refractivity contribution in [2.75, 3.05) is 20.8 Å². The van der Waals surface area contributed by atoms with Gasteiger partial charge >= 0.3 is 0 Å². The third kappa shape index (κ3) is 9.48. The Bertz CT molecular complexity index is 793. The molecule has 0 aliphatic heterocycles. The van der Waals surface area contributed by atoms with Crippen LogP contribution in [0.25, 0.3) is 12.2 Å². The molecule has 0 heterocycles. The van der Waals surface area contributed by atoms with Crippen molar-refractivity contribution in [2.24, 2.45) is 0 Å². The number of hydrogen-bond donors (Lipinski definition) is 1. The third-order valence-electron chi connectivity index (χ3n) is 6.09. The Hall–Kier alpha value is -2.26. The molecule has 0 amide bonds. The molecular weight excluding hydrogens is 396 g/mol. The smallest absolute Gasteiger partial charge is 0.122 e. The van der Waals surface area contributed by atoms with Crippen molar-refractivity contribution in [1.82, 2.24) is 0 Å². The van der Waals surface area contributed by atoms with Crippen LogP contribution in [0, 0.1) is 6.92 Å². The molecule has 0 saturated heterocycles. The van der Waals surface area contributed by atoms with Gasteiger partial charge in [-0.1, -0.05) is 81.7 Å². The Kier molecular flexibility index (Phi) is 12.6. The highest BCUT2D eigenvalue weighted by Gasteiger charge is 2.08. The lowest BCUT2D eigenvalue weighted by Gasteiger charge is -2.13. The van der Waals surface area contributed by atoms with Gasteiger partial charge in [0.15, 0.2) is 0 Å². The van der Waals surface area contributed by atoms with Gasteiger partial charge in [-0.3, -0.25) is 0 Å². The molecule has 0 bridgehead atoms. The van der Waals surface area contributed by atoms with Crippen LogP contribution in [0.2, 0.25) is 0 Å². The number of unbranched alkanes of at least 4 members (excludes halogenated alkanes) is 9. The van der Waals surface area contributed by atoms with Crippen molar-refractivity contribution < 1.29 is 14.6 Å². The van der Waals surface area contributed by atoms with Crippen molar-refractivity contribution in [3.05, 3.63) is 58.7 Å². The van der Waals surface area contributed by atoms with Crippen LogP contribution in [0.15, 0.2) is 36.4 Å². The summed E-state index contributed by atoms with van der Waals surface area (Å²) in [6.07, 6.45) is 17.9. The standard InChI is InChI=1S/C29H42O3/c1-24-22-26(16-15-25-17-19-27(31-2)20-18-25)23-29(32-3)28(24)14-12-10-8-6-4-5-7-9-11-13-21-30/h15-20,22-23,30H,4-14,21H2,1-3H3/b16-15+. The highest BCUT2D eigenvalue weighted by Crippen LogP contribution is 2.28. The first kappa shape index (κ1) is 26.0. The number of methoxy groups -OCH3 is 2. The van der Waals surface area contributed by atoms with E-state index in [9.17, 15) is 0 Å². The quantitative estimate of drug-likeness (QED) is 0.216. The van der Waals surface area contributed by atoms with E-state index in [0.717, 1.165) is 35.5 Å². The minimum absolute atomic E-state index is 0.341. The van der Waals surface area contributed by atoms with E-state index in [0.29, 0.717) is 6.61 Å². The summed E-state index contributed by atoms with van der Waals surface area (Å²) in [4.78, 5) is 0. The van der Waals surface area contributed by atoms with Gasteiger partial charge in [0.05, 0.1) is 14.2 Å². The molecule has 3 heteroatoms. The van der Waals surface area contributed by atoms with Crippen molar-refractivity contribution in [3.8, 4) is 11.5 Å². The predicted octanol–water partition coefficient (Wildman–Crippen LogP) is 7.62. The highest BCUT2D eigenvalue weighted by molar-refractivity contribution is 5.71. The van der Waals surface area contributed by atoms with Gasteiger partial charge in [-0.2, -0.15) is 0 Å². The maximum Gasteiger partial charge on any atom is 0.122 e. The van der Waals surface area contributed by atoms with Crippen molar-refractivity contribution in [3.63, 3.8) is 0 Å². The van der Waals surface area contributed by atoms with E-state index in [4.69, 9.17) is 14.6 Å². The normalized spacial score (nSPS) is 11.2. The molecule has 3 nitrogen and oxygen atoms in total. The lowest BCUT2D eigenvalue weighted by Crippen LogP contribution is -1.97. The SMILES string of the molecule is COc1ccc(/C=C/c2cc(C)c(CCCCCCCCCCCCO)c(OC)c2)cc1. The molecule has 0 saturated carbocycles. The molecule has 0 unspecified atom stereocenters. The average molecular weight is 439 g/mol. The average Bonchev–Trinajstić information content (AvgIpc) is 2.82. The number of rotatable bonds is 16. The van der Waals surface area contributed by atoms with Gasteiger partial charge in [-0.25, -0.2) is 0 Å². The van der Waals surface area contributed by atoms with Crippen LogP contribution >= 0.6 is 0 Å². The minimum atomic E-state index is 0.341. The summed E-state index contributed by atoms with van der Waals surface area (Å²) in [7, 11) is 3.46. The largest absolute Gasteiger partial charge is 0.497 e. The third-order valence-corrected chi connectivity index (χ3v) is 6.09. The number of aliphatic hydroxyl groups is 1. The number of aryl methyl sites for hydroxylation is 1. The van der Waals surface area contributed by atoms with Crippen LogP contribution in [0.4, 0.5) is 0 Å². The molecule has 0 aliphatic carbocycles. The molecular formula is C29H42O3. The summed E-state index contributed by atoms with van der Waals surface area (Å²) in [5, 5.41) is 8.80. The molecule has 2 aromatic carbocycles. The summed E-state index contributed by atoms with van der Waals surface area (Å²) in [5.74, 6) is 1.88. The van der Waals surface area contributed by atoms with Crippen molar-refractivity contribution >= 4 is 12.2 Å². The zero-order chi connectivity index (χ0) is 23.0. The Morgan fingerprint density at radius 2 is 1.25 bits per heavy atom. The topological polar surface area (TPSA) is 38.7 Å². The second kappa shape index (κ2) is 15.5. The zero-order valence-electron chi connectivity index (χ0n) is 20.4. The van der Waals surface area contributed by atoms with E-state index >= 15 is 0 Å². The molecule has 0 aliphatic rings. The predicted molar refractivity (Wildman–Crippen MR) is 137 cm³/mol. The van der Waals surface area contributed by atoms with E-state index in [-0.39, 0.29) is 0 Å². The number of ether oxygens (including phenoxy) is 2. The van der Waals surface area contributed by atoms with Gasteiger partial charge in [0.2, 0.25) is 0 Å². The van der Waals surface area contributed by atoms with E-state index in [1.807, 2.05) is 12.1 Å². The fourth-order valence-electron chi connectivity index (χ4n) is 4.15. The van der Waals surface area contributed by atoms with Gasteiger partial charge in [0.1, 0.15) is 11.5 Å². The lowest BCUT2D eigenvalue weighted by molar-refractivity contribution is 0.282. The summed E-state index contributed by atoms with van der Waals surface area (Å²) in [6, 6.07) is 12.5. The zero-order valence-corrected chi connectivity index (χ0v) is 20.4.